The monoisotopic (exact) mass is 235 g/mol. The van der Waals surface area contributed by atoms with E-state index in [4.69, 9.17) is 4.42 Å². The minimum Gasteiger partial charge on any atom is -0.423 e. The summed E-state index contributed by atoms with van der Waals surface area (Å²) < 4.78 is 5.86. The highest BCUT2D eigenvalue weighted by Gasteiger charge is 2.38. The largest absolute Gasteiger partial charge is 0.423 e. The Bertz CT molecular complexity index is 378. The number of hydrogen-bond acceptors (Lipinski definition) is 4. The first-order chi connectivity index (χ1) is 8.32. The van der Waals surface area contributed by atoms with Crippen molar-refractivity contribution in [3.63, 3.8) is 0 Å². The van der Waals surface area contributed by atoms with Gasteiger partial charge in [0.05, 0.1) is 6.54 Å². The van der Waals surface area contributed by atoms with Crippen molar-refractivity contribution in [3.8, 4) is 0 Å². The van der Waals surface area contributed by atoms with E-state index in [1.165, 1.54) is 38.5 Å². The van der Waals surface area contributed by atoms with Gasteiger partial charge in [-0.2, -0.15) is 0 Å². The molecule has 0 radical (unpaired) electrons. The average molecular weight is 235 g/mol. The second-order valence-corrected chi connectivity index (χ2v) is 5.50. The fourth-order valence-corrected chi connectivity index (χ4v) is 2.83. The molecule has 3 rings (SSSR count). The van der Waals surface area contributed by atoms with Crippen molar-refractivity contribution >= 4 is 0 Å². The van der Waals surface area contributed by atoms with Crippen LogP contribution in [0.3, 0.4) is 0 Å². The molecule has 0 bridgehead atoms. The molecule has 1 aromatic rings. The standard InChI is InChI=1S/C13H21N3O/c1-2-13(7-3-4-8-13)12-16-15-11(17-12)9-14-10-5-6-10/h10,14H,2-9H2,1H3. The molecule has 0 aliphatic heterocycles. The number of hydrogen-bond donors (Lipinski definition) is 1. The summed E-state index contributed by atoms with van der Waals surface area (Å²) in [7, 11) is 0. The third kappa shape index (κ3) is 2.23. The second-order valence-electron chi connectivity index (χ2n) is 5.50. The highest BCUT2D eigenvalue weighted by molar-refractivity contribution is 5.06. The fraction of sp³-hybridized carbons (Fsp3) is 0.846. The summed E-state index contributed by atoms with van der Waals surface area (Å²) >= 11 is 0. The van der Waals surface area contributed by atoms with Gasteiger partial charge in [0.1, 0.15) is 0 Å². The molecule has 4 nitrogen and oxygen atoms in total. The molecule has 2 aliphatic rings. The van der Waals surface area contributed by atoms with E-state index in [0.717, 1.165) is 24.7 Å². The van der Waals surface area contributed by atoms with Gasteiger partial charge in [0.2, 0.25) is 11.8 Å². The Balaban J connectivity index is 1.69. The van der Waals surface area contributed by atoms with Crippen LogP contribution in [0.25, 0.3) is 0 Å². The molecule has 0 spiro atoms. The maximum Gasteiger partial charge on any atom is 0.230 e. The molecule has 1 N–H and O–H groups in total. The summed E-state index contributed by atoms with van der Waals surface area (Å²) in [4.78, 5) is 0. The number of nitrogens with zero attached hydrogens (tertiary/aromatic N) is 2. The molecule has 0 saturated heterocycles. The quantitative estimate of drug-likeness (QED) is 0.852. The van der Waals surface area contributed by atoms with Crippen LogP contribution >= 0.6 is 0 Å². The van der Waals surface area contributed by atoms with E-state index in [-0.39, 0.29) is 5.41 Å². The van der Waals surface area contributed by atoms with Gasteiger partial charge in [-0.25, -0.2) is 0 Å². The van der Waals surface area contributed by atoms with Crippen molar-refractivity contribution < 1.29 is 4.42 Å². The van der Waals surface area contributed by atoms with Crippen molar-refractivity contribution in [2.45, 2.75) is 69.9 Å². The Labute approximate surface area is 102 Å². The molecule has 2 fully saturated rings. The Hall–Kier alpha value is -0.900. The van der Waals surface area contributed by atoms with Crippen LogP contribution in [0.15, 0.2) is 4.42 Å². The first kappa shape index (κ1) is 11.2. The highest BCUT2D eigenvalue weighted by Crippen LogP contribution is 2.42. The highest BCUT2D eigenvalue weighted by atomic mass is 16.4. The summed E-state index contributed by atoms with van der Waals surface area (Å²) in [5, 5.41) is 11.9. The molecule has 17 heavy (non-hydrogen) atoms. The predicted molar refractivity (Wildman–Crippen MR) is 64.6 cm³/mol. The lowest BCUT2D eigenvalue weighted by molar-refractivity contribution is 0.302. The van der Waals surface area contributed by atoms with Gasteiger partial charge in [0.15, 0.2) is 0 Å². The molecule has 0 amide bonds. The molecular formula is C13H21N3O. The summed E-state index contributed by atoms with van der Waals surface area (Å²) in [6.45, 7) is 2.97. The van der Waals surface area contributed by atoms with Crippen molar-refractivity contribution in [1.29, 1.82) is 0 Å². The molecule has 1 heterocycles. The van der Waals surface area contributed by atoms with Crippen LogP contribution < -0.4 is 5.32 Å². The van der Waals surface area contributed by atoms with E-state index >= 15 is 0 Å². The first-order valence-electron chi connectivity index (χ1n) is 6.89. The molecule has 0 unspecified atom stereocenters. The maximum absolute atomic E-state index is 5.86. The van der Waals surface area contributed by atoms with E-state index in [1.807, 2.05) is 0 Å². The zero-order chi connectivity index (χ0) is 11.7. The Morgan fingerprint density at radius 2 is 2.06 bits per heavy atom. The minimum atomic E-state index is 0.185. The summed E-state index contributed by atoms with van der Waals surface area (Å²) in [5.41, 5.74) is 0.185. The smallest absolute Gasteiger partial charge is 0.230 e. The second kappa shape index (κ2) is 4.41. The molecule has 1 aromatic heterocycles. The van der Waals surface area contributed by atoms with Crippen LogP contribution in [-0.2, 0) is 12.0 Å². The molecule has 0 aromatic carbocycles. The van der Waals surface area contributed by atoms with Gasteiger partial charge in [-0.05, 0) is 32.1 Å². The first-order valence-corrected chi connectivity index (χ1v) is 6.89. The van der Waals surface area contributed by atoms with E-state index in [1.54, 1.807) is 0 Å². The minimum absolute atomic E-state index is 0.185. The Morgan fingerprint density at radius 3 is 2.71 bits per heavy atom. The third-order valence-electron chi connectivity index (χ3n) is 4.28. The Kier molecular flexibility index (Phi) is 2.90. The number of rotatable bonds is 5. The van der Waals surface area contributed by atoms with E-state index in [2.05, 4.69) is 22.4 Å². The van der Waals surface area contributed by atoms with Crippen LogP contribution in [0.1, 0.15) is 63.7 Å². The van der Waals surface area contributed by atoms with Gasteiger partial charge in [-0.1, -0.05) is 19.8 Å². The van der Waals surface area contributed by atoms with Gasteiger partial charge >= 0.3 is 0 Å². The lowest BCUT2D eigenvalue weighted by Crippen LogP contribution is -2.21. The van der Waals surface area contributed by atoms with Crippen LogP contribution in [-0.4, -0.2) is 16.2 Å². The van der Waals surface area contributed by atoms with Gasteiger partial charge in [-0.15, -0.1) is 10.2 Å². The predicted octanol–water partition coefficient (Wildman–Crippen LogP) is 2.54. The molecule has 4 heteroatoms. The topological polar surface area (TPSA) is 51.0 Å². The molecule has 2 saturated carbocycles. The van der Waals surface area contributed by atoms with Crippen molar-refractivity contribution in [2.24, 2.45) is 0 Å². The number of nitrogens with one attached hydrogen (secondary N) is 1. The van der Waals surface area contributed by atoms with Crippen molar-refractivity contribution in [3.05, 3.63) is 11.8 Å². The lowest BCUT2D eigenvalue weighted by atomic mass is 9.83. The van der Waals surface area contributed by atoms with Crippen LogP contribution in [0, 0.1) is 0 Å². The molecule has 2 aliphatic carbocycles. The summed E-state index contributed by atoms with van der Waals surface area (Å²) in [6.07, 6.45) is 8.71. The van der Waals surface area contributed by atoms with Gasteiger partial charge < -0.3 is 9.73 Å². The van der Waals surface area contributed by atoms with Gasteiger partial charge in [0, 0.05) is 11.5 Å². The third-order valence-corrected chi connectivity index (χ3v) is 4.28. The maximum atomic E-state index is 5.86. The summed E-state index contributed by atoms with van der Waals surface area (Å²) in [5.74, 6) is 1.64. The van der Waals surface area contributed by atoms with E-state index in [9.17, 15) is 0 Å². The van der Waals surface area contributed by atoms with Crippen LogP contribution in [0.2, 0.25) is 0 Å². The number of aromatic nitrogens is 2. The SMILES string of the molecule is CCC1(c2nnc(CNC3CC3)o2)CCCC1. The van der Waals surface area contributed by atoms with E-state index in [0.29, 0.717) is 6.04 Å². The lowest BCUT2D eigenvalue weighted by Gasteiger charge is -2.22. The van der Waals surface area contributed by atoms with Gasteiger partial charge in [0.25, 0.3) is 0 Å². The van der Waals surface area contributed by atoms with E-state index < -0.39 is 0 Å². The molecule has 0 atom stereocenters. The Morgan fingerprint density at radius 1 is 1.29 bits per heavy atom. The zero-order valence-electron chi connectivity index (χ0n) is 10.5. The normalized spacial score (nSPS) is 23.1. The van der Waals surface area contributed by atoms with Gasteiger partial charge in [-0.3, -0.25) is 0 Å². The van der Waals surface area contributed by atoms with Crippen molar-refractivity contribution in [1.82, 2.24) is 15.5 Å². The zero-order valence-corrected chi connectivity index (χ0v) is 10.5. The summed E-state index contributed by atoms with van der Waals surface area (Å²) in [6, 6.07) is 0.692. The molecular weight excluding hydrogens is 214 g/mol. The van der Waals surface area contributed by atoms with Crippen LogP contribution in [0.4, 0.5) is 0 Å². The molecule has 94 valence electrons. The average Bonchev–Trinajstić information content (AvgIpc) is 2.88. The van der Waals surface area contributed by atoms with Crippen LogP contribution in [0.5, 0.6) is 0 Å². The fourth-order valence-electron chi connectivity index (χ4n) is 2.83. The van der Waals surface area contributed by atoms with Crippen molar-refractivity contribution in [2.75, 3.05) is 0 Å².